The maximum atomic E-state index is 12.4. The first-order valence-electron chi connectivity index (χ1n) is 8.57. The van der Waals surface area contributed by atoms with Gasteiger partial charge in [-0.2, -0.15) is 0 Å². The van der Waals surface area contributed by atoms with Crippen LogP contribution >= 0.6 is 33.9 Å². The van der Waals surface area contributed by atoms with Crippen LogP contribution in [0.4, 0.5) is 10.8 Å². The molecule has 27 heavy (non-hydrogen) atoms. The summed E-state index contributed by atoms with van der Waals surface area (Å²) in [6, 6.07) is 12.1. The zero-order valence-electron chi connectivity index (χ0n) is 15.7. The highest BCUT2D eigenvalue weighted by Crippen LogP contribution is 2.34. The number of thiazole rings is 1. The Morgan fingerprint density at radius 3 is 2.48 bits per heavy atom. The van der Waals surface area contributed by atoms with E-state index in [0.29, 0.717) is 11.7 Å². The average molecular weight is 492 g/mol. The van der Waals surface area contributed by atoms with E-state index in [4.69, 9.17) is 4.74 Å². The summed E-state index contributed by atoms with van der Waals surface area (Å²) in [6.45, 7) is 8.06. The van der Waals surface area contributed by atoms with Gasteiger partial charge < -0.3 is 4.74 Å². The van der Waals surface area contributed by atoms with E-state index in [1.165, 1.54) is 16.9 Å². The maximum absolute atomic E-state index is 12.4. The Labute approximate surface area is 177 Å². The van der Waals surface area contributed by atoms with Crippen LogP contribution in [0.3, 0.4) is 0 Å². The smallest absolute Gasteiger partial charge is 0.230 e. The zero-order valence-corrected chi connectivity index (χ0v) is 18.7. The molecule has 3 aromatic rings. The van der Waals surface area contributed by atoms with Crippen LogP contribution in [-0.2, 0) is 11.4 Å². The molecule has 0 atom stereocenters. The molecule has 6 heteroatoms. The van der Waals surface area contributed by atoms with Crippen molar-refractivity contribution in [2.24, 2.45) is 0 Å². The molecule has 0 aliphatic rings. The van der Waals surface area contributed by atoms with Crippen molar-refractivity contribution < 1.29 is 9.53 Å². The van der Waals surface area contributed by atoms with Gasteiger partial charge in [0.05, 0.1) is 15.0 Å². The van der Waals surface area contributed by atoms with Gasteiger partial charge in [-0.1, -0.05) is 29.8 Å². The fourth-order valence-electron chi connectivity index (χ4n) is 3.09. The van der Waals surface area contributed by atoms with Crippen molar-refractivity contribution in [3.05, 3.63) is 67.7 Å². The number of hydrogen-bond acceptors (Lipinski definition) is 4. The number of carbonyl (C=O) groups excluding carboxylic acids is 1. The second kappa shape index (κ2) is 8.39. The molecule has 1 aromatic heterocycles. The van der Waals surface area contributed by atoms with E-state index in [1.807, 2.05) is 43.5 Å². The molecule has 0 bridgehead atoms. The molecule has 2 aromatic carbocycles. The molecular formula is C21H21IN2O2S. The predicted molar refractivity (Wildman–Crippen MR) is 119 cm³/mol. The predicted octanol–water partition coefficient (Wildman–Crippen LogP) is 5.94. The first-order chi connectivity index (χ1) is 12.9. The molecule has 0 radical (unpaired) electrons. The summed E-state index contributed by atoms with van der Waals surface area (Å²) in [5, 5.41) is 2.61. The molecule has 0 N–H and O–H groups in total. The third-order valence-electron chi connectivity index (χ3n) is 4.12. The number of rotatable bonds is 5. The standard InChI is InChI=1S/C21H21IN2O2S/c1-13-9-14(2)20(15(3)10-13)24(16(4)25)21-23-17(12-27-21)11-26-19-8-6-5-7-18(19)22/h5-10,12H,11H2,1-4H3. The van der Waals surface area contributed by atoms with Gasteiger partial charge in [0.2, 0.25) is 5.91 Å². The van der Waals surface area contributed by atoms with Gasteiger partial charge in [-0.05, 0) is 66.6 Å². The number of hydrogen-bond donors (Lipinski definition) is 0. The summed E-state index contributed by atoms with van der Waals surface area (Å²) < 4.78 is 6.94. The van der Waals surface area contributed by atoms with Crippen LogP contribution in [0.25, 0.3) is 0 Å². The number of aryl methyl sites for hydroxylation is 3. The van der Waals surface area contributed by atoms with Crippen LogP contribution in [0.15, 0.2) is 41.8 Å². The Bertz CT molecular complexity index is 961. The van der Waals surface area contributed by atoms with Crippen LogP contribution in [0.5, 0.6) is 5.75 Å². The Morgan fingerprint density at radius 2 is 1.85 bits per heavy atom. The van der Waals surface area contributed by atoms with E-state index >= 15 is 0 Å². The lowest BCUT2D eigenvalue weighted by Crippen LogP contribution is -2.24. The number of para-hydroxylation sites is 1. The molecule has 0 saturated heterocycles. The third-order valence-corrected chi connectivity index (χ3v) is 5.88. The number of carbonyl (C=O) groups is 1. The number of anilines is 2. The molecule has 3 rings (SSSR count). The van der Waals surface area contributed by atoms with Crippen molar-refractivity contribution in [2.45, 2.75) is 34.3 Å². The molecule has 0 saturated carbocycles. The van der Waals surface area contributed by atoms with Gasteiger partial charge in [-0.15, -0.1) is 11.3 Å². The van der Waals surface area contributed by atoms with Gasteiger partial charge in [-0.25, -0.2) is 4.98 Å². The van der Waals surface area contributed by atoms with Gasteiger partial charge in [0, 0.05) is 12.3 Å². The van der Waals surface area contributed by atoms with Crippen LogP contribution < -0.4 is 9.64 Å². The van der Waals surface area contributed by atoms with Crippen LogP contribution in [0.1, 0.15) is 29.3 Å². The number of nitrogens with zero attached hydrogens (tertiary/aromatic N) is 2. The molecule has 1 amide bonds. The Kier molecular flexibility index (Phi) is 6.16. The van der Waals surface area contributed by atoms with Crippen molar-refractivity contribution in [3.63, 3.8) is 0 Å². The van der Waals surface area contributed by atoms with Crippen molar-refractivity contribution in [2.75, 3.05) is 4.90 Å². The fourth-order valence-corrected chi connectivity index (χ4v) is 4.49. The number of halogens is 1. The maximum Gasteiger partial charge on any atom is 0.230 e. The summed E-state index contributed by atoms with van der Waals surface area (Å²) in [5.74, 6) is 0.783. The van der Waals surface area contributed by atoms with Gasteiger partial charge in [0.15, 0.2) is 5.13 Å². The first kappa shape index (κ1) is 19.8. The molecule has 0 aliphatic carbocycles. The average Bonchev–Trinajstić information content (AvgIpc) is 3.05. The van der Waals surface area contributed by atoms with Gasteiger partial charge >= 0.3 is 0 Å². The molecule has 0 unspecified atom stereocenters. The number of benzene rings is 2. The second-order valence-electron chi connectivity index (χ2n) is 6.44. The topological polar surface area (TPSA) is 42.4 Å². The van der Waals surface area contributed by atoms with Crippen LogP contribution in [0.2, 0.25) is 0 Å². The molecule has 0 aliphatic heterocycles. The second-order valence-corrected chi connectivity index (χ2v) is 8.44. The lowest BCUT2D eigenvalue weighted by Gasteiger charge is -2.23. The molecule has 0 fully saturated rings. The van der Waals surface area contributed by atoms with Gasteiger partial charge in [0.25, 0.3) is 0 Å². The van der Waals surface area contributed by atoms with Gasteiger partial charge in [0.1, 0.15) is 12.4 Å². The highest BCUT2D eigenvalue weighted by atomic mass is 127. The first-order valence-corrected chi connectivity index (χ1v) is 10.5. The normalized spacial score (nSPS) is 10.7. The summed E-state index contributed by atoms with van der Waals surface area (Å²) in [7, 11) is 0. The van der Waals surface area contributed by atoms with E-state index in [2.05, 4.69) is 46.6 Å². The SMILES string of the molecule is CC(=O)N(c1nc(COc2ccccc2I)cs1)c1c(C)cc(C)cc1C. The molecule has 1 heterocycles. The number of amides is 1. The molecular weight excluding hydrogens is 471 g/mol. The third kappa shape index (κ3) is 4.50. The fraction of sp³-hybridized carbons (Fsp3) is 0.238. The number of aromatic nitrogens is 1. The van der Waals surface area contributed by atoms with Crippen LogP contribution in [0, 0.1) is 24.3 Å². The van der Waals surface area contributed by atoms with E-state index in [9.17, 15) is 4.79 Å². The highest BCUT2D eigenvalue weighted by molar-refractivity contribution is 14.1. The largest absolute Gasteiger partial charge is 0.486 e. The van der Waals surface area contributed by atoms with Crippen molar-refractivity contribution in [3.8, 4) is 5.75 Å². The van der Waals surface area contributed by atoms with E-state index in [1.54, 1.807) is 11.8 Å². The molecule has 0 spiro atoms. The van der Waals surface area contributed by atoms with Crippen LogP contribution in [-0.4, -0.2) is 10.9 Å². The minimum absolute atomic E-state index is 0.0514. The quantitative estimate of drug-likeness (QED) is 0.415. The van der Waals surface area contributed by atoms with Gasteiger partial charge in [-0.3, -0.25) is 9.69 Å². The Balaban J connectivity index is 1.87. The minimum Gasteiger partial charge on any atom is -0.486 e. The van der Waals surface area contributed by atoms with E-state index in [0.717, 1.165) is 31.8 Å². The molecule has 140 valence electrons. The zero-order chi connectivity index (χ0) is 19.6. The summed E-state index contributed by atoms with van der Waals surface area (Å²) in [6.07, 6.45) is 0. The number of ether oxygens (including phenoxy) is 1. The lowest BCUT2D eigenvalue weighted by atomic mass is 10.0. The van der Waals surface area contributed by atoms with Crippen molar-refractivity contribution >= 4 is 50.7 Å². The highest BCUT2D eigenvalue weighted by Gasteiger charge is 2.22. The Morgan fingerprint density at radius 1 is 1.19 bits per heavy atom. The van der Waals surface area contributed by atoms with Crippen molar-refractivity contribution in [1.29, 1.82) is 0 Å². The minimum atomic E-state index is -0.0514. The van der Waals surface area contributed by atoms with Crippen molar-refractivity contribution in [1.82, 2.24) is 4.98 Å². The summed E-state index contributed by atoms with van der Waals surface area (Å²) >= 11 is 3.70. The Hall–Kier alpha value is -1.93. The lowest BCUT2D eigenvalue weighted by molar-refractivity contribution is -0.115. The van der Waals surface area contributed by atoms with E-state index < -0.39 is 0 Å². The summed E-state index contributed by atoms with van der Waals surface area (Å²) in [4.78, 5) is 18.8. The molecule has 4 nitrogen and oxygen atoms in total. The monoisotopic (exact) mass is 492 g/mol. The van der Waals surface area contributed by atoms with E-state index in [-0.39, 0.29) is 5.91 Å². The summed E-state index contributed by atoms with van der Waals surface area (Å²) in [5.41, 5.74) is 5.03.